The van der Waals surface area contributed by atoms with E-state index in [9.17, 15) is 9.59 Å². The predicted octanol–water partition coefficient (Wildman–Crippen LogP) is 2.37. The second-order valence-corrected chi connectivity index (χ2v) is 5.01. The first-order chi connectivity index (χ1) is 9.04. The average Bonchev–Trinajstić information content (AvgIpc) is 3.10. The molecule has 0 aliphatic heterocycles. The minimum absolute atomic E-state index is 0.0219. The summed E-state index contributed by atoms with van der Waals surface area (Å²) in [6.45, 7) is 1.94. The monoisotopic (exact) mass is 262 g/mol. The maximum absolute atomic E-state index is 11.8. The van der Waals surface area contributed by atoms with E-state index < -0.39 is 5.97 Å². The number of carbonyl (C=O) groups is 2. The van der Waals surface area contributed by atoms with E-state index >= 15 is 0 Å². The molecule has 1 aromatic rings. The Morgan fingerprint density at radius 2 is 2.16 bits per heavy atom. The van der Waals surface area contributed by atoms with Gasteiger partial charge in [0, 0.05) is 11.7 Å². The highest BCUT2D eigenvalue weighted by Gasteiger charge is 2.33. The molecule has 1 saturated carbocycles. The molecule has 1 fully saturated rings. The van der Waals surface area contributed by atoms with Crippen molar-refractivity contribution in [2.45, 2.75) is 32.2 Å². The summed E-state index contributed by atoms with van der Waals surface area (Å²) in [5.41, 5.74) is 1.77. The Bertz CT molecular complexity index is 483. The number of hydrogen-bond donors (Lipinski definition) is 3. The van der Waals surface area contributed by atoms with Crippen molar-refractivity contribution in [1.29, 1.82) is 0 Å². The van der Waals surface area contributed by atoms with E-state index in [1.54, 1.807) is 6.07 Å². The quantitative estimate of drug-likeness (QED) is 0.762. The summed E-state index contributed by atoms with van der Waals surface area (Å²) in [6, 6.07) is 6.85. The Morgan fingerprint density at radius 1 is 1.42 bits per heavy atom. The standard InChI is InChI=1S/C14H18N2O3/c1-9-3-2-4-11(7-9)15-14(19)16-12(8-13(17)18)10-5-6-10/h2-4,7,10,12H,5-6,8H2,1H3,(H,17,18)(H2,15,16,19). The third-order valence-electron chi connectivity index (χ3n) is 3.18. The van der Waals surface area contributed by atoms with E-state index in [1.807, 2.05) is 25.1 Å². The molecule has 19 heavy (non-hydrogen) atoms. The van der Waals surface area contributed by atoms with Gasteiger partial charge in [-0.1, -0.05) is 12.1 Å². The van der Waals surface area contributed by atoms with Gasteiger partial charge in [-0.25, -0.2) is 4.79 Å². The summed E-state index contributed by atoms with van der Waals surface area (Å²) in [7, 11) is 0. The van der Waals surface area contributed by atoms with Crippen LogP contribution in [0.4, 0.5) is 10.5 Å². The molecule has 0 saturated heterocycles. The van der Waals surface area contributed by atoms with Gasteiger partial charge in [-0.05, 0) is 43.4 Å². The molecular weight excluding hydrogens is 244 g/mol. The molecule has 0 spiro atoms. The van der Waals surface area contributed by atoms with E-state index in [4.69, 9.17) is 5.11 Å². The van der Waals surface area contributed by atoms with E-state index in [-0.39, 0.29) is 18.5 Å². The zero-order chi connectivity index (χ0) is 13.8. The number of carboxylic acids is 1. The molecule has 1 aliphatic carbocycles. The smallest absolute Gasteiger partial charge is 0.319 e. The van der Waals surface area contributed by atoms with Gasteiger partial charge < -0.3 is 15.7 Å². The summed E-state index contributed by atoms with van der Waals surface area (Å²) >= 11 is 0. The lowest BCUT2D eigenvalue weighted by Crippen LogP contribution is -2.40. The molecule has 0 radical (unpaired) electrons. The van der Waals surface area contributed by atoms with Crippen LogP contribution in [0.2, 0.25) is 0 Å². The number of urea groups is 1. The van der Waals surface area contributed by atoms with Crippen molar-refractivity contribution >= 4 is 17.7 Å². The van der Waals surface area contributed by atoms with Crippen LogP contribution in [0.3, 0.4) is 0 Å². The van der Waals surface area contributed by atoms with Gasteiger partial charge in [-0.2, -0.15) is 0 Å². The maximum Gasteiger partial charge on any atom is 0.319 e. The van der Waals surface area contributed by atoms with Crippen LogP contribution in [0.25, 0.3) is 0 Å². The molecule has 5 nitrogen and oxygen atoms in total. The molecule has 1 unspecified atom stereocenters. The second kappa shape index (κ2) is 5.73. The molecule has 0 bridgehead atoms. The normalized spacial score (nSPS) is 15.6. The molecule has 102 valence electrons. The molecule has 3 N–H and O–H groups in total. The van der Waals surface area contributed by atoms with Gasteiger partial charge in [0.2, 0.25) is 0 Å². The molecule has 1 aromatic carbocycles. The Balaban J connectivity index is 1.90. The second-order valence-electron chi connectivity index (χ2n) is 5.01. The van der Waals surface area contributed by atoms with Crippen LogP contribution >= 0.6 is 0 Å². The zero-order valence-electron chi connectivity index (χ0n) is 10.8. The van der Waals surface area contributed by atoms with E-state index in [2.05, 4.69) is 10.6 Å². The Kier molecular flexibility index (Phi) is 4.04. The third kappa shape index (κ3) is 4.28. The van der Waals surface area contributed by atoms with Gasteiger partial charge in [0.05, 0.1) is 6.42 Å². The number of rotatable bonds is 5. The van der Waals surface area contributed by atoms with Crippen molar-refractivity contribution in [2.24, 2.45) is 5.92 Å². The van der Waals surface area contributed by atoms with Crippen LogP contribution in [-0.4, -0.2) is 23.1 Å². The summed E-state index contributed by atoms with van der Waals surface area (Å²) in [4.78, 5) is 22.6. The molecule has 2 amide bonds. The van der Waals surface area contributed by atoms with Crippen LogP contribution in [0.15, 0.2) is 24.3 Å². The summed E-state index contributed by atoms with van der Waals surface area (Å²) in [6.07, 6.45) is 1.96. The third-order valence-corrected chi connectivity index (χ3v) is 3.18. The maximum atomic E-state index is 11.8. The van der Waals surface area contributed by atoms with Gasteiger partial charge in [-0.15, -0.1) is 0 Å². The zero-order valence-corrected chi connectivity index (χ0v) is 10.8. The lowest BCUT2D eigenvalue weighted by atomic mass is 10.1. The van der Waals surface area contributed by atoms with Crippen molar-refractivity contribution in [3.05, 3.63) is 29.8 Å². The summed E-state index contributed by atoms with van der Waals surface area (Å²) < 4.78 is 0. The van der Waals surface area contributed by atoms with E-state index in [0.29, 0.717) is 11.6 Å². The van der Waals surface area contributed by atoms with E-state index in [1.165, 1.54) is 0 Å². The first-order valence-electron chi connectivity index (χ1n) is 6.40. The van der Waals surface area contributed by atoms with Crippen molar-refractivity contribution in [1.82, 2.24) is 5.32 Å². The van der Waals surface area contributed by atoms with Crippen LogP contribution in [0.5, 0.6) is 0 Å². The Morgan fingerprint density at radius 3 is 2.74 bits per heavy atom. The van der Waals surface area contributed by atoms with Gasteiger partial charge in [0.25, 0.3) is 0 Å². The fraction of sp³-hybridized carbons (Fsp3) is 0.429. The van der Waals surface area contributed by atoms with Gasteiger partial charge >= 0.3 is 12.0 Å². The number of benzene rings is 1. The minimum atomic E-state index is -0.882. The molecule has 0 heterocycles. The van der Waals surface area contributed by atoms with Crippen LogP contribution in [0, 0.1) is 12.8 Å². The van der Waals surface area contributed by atoms with Crippen molar-refractivity contribution < 1.29 is 14.7 Å². The highest BCUT2D eigenvalue weighted by molar-refractivity contribution is 5.89. The number of hydrogen-bond acceptors (Lipinski definition) is 2. The SMILES string of the molecule is Cc1cccc(NC(=O)NC(CC(=O)O)C2CC2)c1. The molecule has 2 rings (SSSR count). The lowest BCUT2D eigenvalue weighted by molar-refractivity contribution is -0.137. The number of aliphatic carboxylic acids is 1. The number of nitrogens with one attached hydrogen (secondary N) is 2. The topological polar surface area (TPSA) is 78.4 Å². The molecular formula is C14H18N2O3. The van der Waals surface area contributed by atoms with Crippen LogP contribution in [-0.2, 0) is 4.79 Å². The molecule has 1 atom stereocenters. The minimum Gasteiger partial charge on any atom is -0.481 e. The van der Waals surface area contributed by atoms with Crippen molar-refractivity contribution in [3.63, 3.8) is 0 Å². The number of anilines is 1. The summed E-state index contributed by atoms with van der Waals surface area (Å²) in [5.74, 6) is -0.577. The molecule has 0 aromatic heterocycles. The average molecular weight is 262 g/mol. The predicted molar refractivity (Wildman–Crippen MR) is 72.1 cm³/mol. The van der Waals surface area contributed by atoms with Crippen LogP contribution in [0.1, 0.15) is 24.8 Å². The largest absolute Gasteiger partial charge is 0.481 e. The number of carboxylic acid groups (broad SMARTS) is 1. The van der Waals surface area contributed by atoms with Crippen molar-refractivity contribution in [2.75, 3.05) is 5.32 Å². The number of amides is 2. The number of aryl methyl sites for hydroxylation is 1. The fourth-order valence-corrected chi connectivity index (χ4v) is 2.08. The van der Waals surface area contributed by atoms with Gasteiger partial charge in [0.15, 0.2) is 0 Å². The Labute approximate surface area is 112 Å². The molecule has 5 heteroatoms. The molecule has 1 aliphatic rings. The fourth-order valence-electron chi connectivity index (χ4n) is 2.08. The van der Waals surface area contributed by atoms with Crippen molar-refractivity contribution in [3.8, 4) is 0 Å². The van der Waals surface area contributed by atoms with Crippen LogP contribution < -0.4 is 10.6 Å². The van der Waals surface area contributed by atoms with Gasteiger partial charge in [-0.3, -0.25) is 4.79 Å². The highest BCUT2D eigenvalue weighted by atomic mass is 16.4. The Hall–Kier alpha value is -2.04. The van der Waals surface area contributed by atoms with Gasteiger partial charge in [0.1, 0.15) is 0 Å². The first-order valence-corrected chi connectivity index (χ1v) is 6.40. The highest BCUT2D eigenvalue weighted by Crippen LogP contribution is 2.34. The lowest BCUT2D eigenvalue weighted by Gasteiger charge is -2.16. The number of carbonyl (C=O) groups excluding carboxylic acids is 1. The van der Waals surface area contributed by atoms with E-state index in [0.717, 1.165) is 18.4 Å². The first kappa shape index (κ1) is 13.4. The summed E-state index contributed by atoms with van der Waals surface area (Å²) in [5, 5.41) is 14.3.